The van der Waals surface area contributed by atoms with Crippen molar-refractivity contribution in [2.75, 3.05) is 6.54 Å². The molecular formula is C17H23N3O. The fourth-order valence-corrected chi connectivity index (χ4v) is 2.36. The maximum Gasteiger partial charge on any atom is 0.246 e. The van der Waals surface area contributed by atoms with Gasteiger partial charge in [-0.2, -0.15) is 0 Å². The first-order chi connectivity index (χ1) is 10.1. The zero-order chi connectivity index (χ0) is 15.2. The number of benzene rings is 1. The van der Waals surface area contributed by atoms with Crippen LogP contribution in [0.25, 0.3) is 11.0 Å². The van der Waals surface area contributed by atoms with Gasteiger partial charge in [-0.15, -0.1) is 0 Å². The standard InChI is InChI=1S/C17H23N3O/c1-13(2)17(21)18-12-8-4-5-11-16-19-14-9-6-7-10-15(14)20(16)3/h6-7,9-10H,1,4-5,8,11-12H2,2-3H3,(H,18,21). The highest BCUT2D eigenvalue weighted by atomic mass is 16.1. The second kappa shape index (κ2) is 7.07. The van der Waals surface area contributed by atoms with Gasteiger partial charge in [0.2, 0.25) is 5.91 Å². The molecular weight excluding hydrogens is 262 g/mol. The van der Waals surface area contributed by atoms with E-state index in [0.717, 1.165) is 37.0 Å². The van der Waals surface area contributed by atoms with Crippen LogP contribution in [-0.2, 0) is 18.3 Å². The number of aryl methyl sites for hydroxylation is 2. The Hall–Kier alpha value is -2.10. The molecule has 0 aliphatic heterocycles. The average molecular weight is 285 g/mol. The molecule has 0 radical (unpaired) electrons. The Kier molecular flexibility index (Phi) is 5.14. The molecule has 1 aromatic carbocycles. The van der Waals surface area contributed by atoms with Crippen molar-refractivity contribution in [3.63, 3.8) is 0 Å². The van der Waals surface area contributed by atoms with E-state index in [1.54, 1.807) is 6.92 Å². The number of imidazole rings is 1. The molecule has 21 heavy (non-hydrogen) atoms. The van der Waals surface area contributed by atoms with Crippen molar-refractivity contribution in [2.45, 2.75) is 32.6 Å². The molecule has 0 bridgehead atoms. The van der Waals surface area contributed by atoms with Crippen LogP contribution in [0.2, 0.25) is 0 Å². The number of hydrogen-bond acceptors (Lipinski definition) is 2. The van der Waals surface area contributed by atoms with Crippen molar-refractivity contribution in [2.24, 2.45) is 7.05 Å². The molecule has 0 atom stereocenters. The molecule has 0 unspecified atom stereocenters. The van der Waals surface area contributed by atoms with Crippen molar-refractivity contribution in [3.05, 3.63) is 42.2 Å². The van der Waals surface area contributed by atoms with E-state index < -0.39 is 0 Å². The van der Waals surface area contributed by atoms with E-state index in [9.17, 15) is 4.79 Å². The first kappa shape index (κ1) is 15.3. The maximum absolute atomic E-state index is 11.3. The molecule has 0 aliphatic carbocycles. The Morgan fingerprint density at radius 3 is 2.76 bits per heavy atom. The van der Waals surface area contributed by atoms with Crippen molar-refractivity contribution in [3.8, 4) is 0 Å². The van der Waals surface area contributed by atoms with Gasteiger partial charge in [-0.3, -0.25) is 4.79 Å². The Balaban J connectivity index is 1.74. The van der Waals surface area contributed by atoms with Crippen molar-refractivity contribution >= 4 is 16.9 Å². The van der Waals surface area contributed by atoms with Crippen LogP contribution >= 0.6 is 0 Å². The second-order valence-corrected chi connectivity index (χ2v) is 5.42. The van der Waals surface area contributed by atoms with Gasteiger partial charge in [-0.25, -0.2) is 4.98 Å². The summed E-state index contributed by atoms with van der Waals surface area (Å²) in [4.78, 5) is 16.0. The second-order valence-electron chi connectivity index (χ2n) is 5.42. The van der Waals surface area contributed by atoms with E-state index in [-0.39, 0.29) is 5.91 Å². The number of fused-ring (bicyclic) bond motifs is 1. The quantitative estimate of drug-likeness (QED) is 0.628. The summed E-state index contributed by atoms with van der Waals surface area (Å²) >= 11 is 0. The van der Waals surface area contributed by atoms with E-state index in [2.05, 4.69) is 34.6 Å². The molecule has 112 valence electrons. The fourth-order valence-electron chi connectivity index (χ4n) is 2.36. The molecule has 2 aromatic rings. The van der Waals surface area contributed by atoms with Gasteiger partial charge in [0.1, 0.15) is 5.82 Å². The summed E-state index contributed by atoms with van der Waals surface area (Å²) < 4.78 is 2.16. The molecule has 0 spiro atoms. The fraction of sp³-hybridized carbons (Fsp3) is 0.412. The largest absolute Gasteiger partial charge is 0.352 e. The summed E-state index contributed by atoms with van der Waals surface area (Å²) in [6, 6.07) is 8.20. The summed E-state index contributed by atoms with van der Waals surface area (Å²) in [6.07, 6.45) is 4.13. The molecule has 4 heteroatoms. The topological polar surface area (TPSA) is 46.9 Å². The number of hydrogen-bond donors (Lipinski definition) is 1. The third kappa shape index (κ3) is 3.94. The van der Waals surface area contributed by atoms with Gasteiger partial charge in [0.25, 0.3) is 0 Å². The van der Waals surface area contributed by atoms with E-state index in [4.69, 9.17) is 0 Å². The van der Waals surface area contributed by atoms with E-state index in [1.165, 1.54) is 5.52 Å². The number of aromatic nitrogens is 2. The van der Waals surface area contributed by atoms with E-state index in [0.29, 0.717) is 12.1 Å². The van der Waals surface area contributed by atoms with Crippen LogP contribution in [0.3, 0.4) is 0 Å². The van der Waals surface area contributed by atoms with Gasteiger partial charge in [0.15, 0.2) is 0 Å². The number of amides is 1. The van der Waals surface area contributed by atoms with Crippen molar-refractivity contribution in [1.29, 1.82) is 0 Å². The predicted octanol–water partition coefficient (Wildman–Crippen LogP) is 2.98. The highest BCUT2D eigenvalue weighted by molar-refractivity contribution is 5.92. The molecule has 1 heterocycles. The smallest absolute Gasteiger partial charge is 0.246 e. The summed E-state index contributed by atoms with van der Waals surface area (Å²) in [5.41, 5.74) is 2.81. The summed E-state index contributed by atoms with van der Waals surface area (Å²) in [5.74, 6) is 1.08. The molecule has 0 aliphatic rings. The van der Waals surface area contributed by atoms with Crippen LogP contribution in [0, 0.1) is 0 Å². The number of unbranched alkanes of at least 4 members (excludes halogenated alkanes) is 2. The Bertz CT molecular complexity index is 643. The van der Waals surface area contributed by atoms with Crippen LogP contribution in [0.15, 0.2) is 36.4 Å². The first-order valence-electron chi connectivity index (χ1n) is 7.43. The van der Waals surface area contributed by atoms with Gasteiger partial charge in [0, 0.05) is 25.6 Å². The lowest BCUT2D eigenvalue weighted by molar-refractivity contribution is -0.117. The Morgan fingerprint density at radius 1 is 1.29 bits per heavy atom. The molecule has 4 nitrogen and oxygen atoms in total. The zero-order valence-electron chi connectivity index (χ0n) is 12.9. The van der Waals surface area contributed by atoms with Crippen LogP contribution < -0.4 is 5.32 Å². The van der Waals surface area contributed by atoms with Crippen LogP contribution in [0.1, 0.15) is 32.0 Å². The minimum atomic E-state index is -0.0506. The molecule has 2 rings (SSSR count). The van der Waals surface area contributed by atoms with Crippen molar-refractivity contribution in [1.82, 2.24) is 14.9 Å². The number of nitrogens with one attached hydrogen (secondary N) is 1. The monoisotopic (exact) mass is 285 g/mol. The molecule has 0 saturated carbocycles. The highest BCUT2D eigenvalue weighted by Gasteiger charge is 2.06. The SMILES string of the molecule is C=C(C)C(=O)NCCCCCc1nc2ccccc2n1C. The summed E-state index contributed by atoms with van der Waals surface area (Å²) in [5, 5.41) is 2.85. The number of rotatable bonds is 7. The number of nitrogens with zero attached hydrogens (tertiary/aromatic N) is 2. The van der Waals surface area contributed by atoms with Crippen LogP contribution in [-0.4, -0.2) is 22.0 Å². The lowest BCUT2D eigenvalue weighted by atomic mass is 10.2. The van der Waals surface area contributed by atoms with Gasteiger partial charge >= 0.3 is 0 Å². The molecule has 1 N–H and O–H groups in total. The zero-order valence-corrected chi connectivity index (χ0v) is 12.9. The van der Waals surface area contributed by atoms with E-state index in [1.807, 2.05) is 18.2 Å². The lowest BCUT2D eigenvalue weighted by Gasteiger charge is -2.05. The minimum absolute atomic E-state index is 0.0506. The van der Waals surface area contributed by atoms with Crippen molar-refractivity contribution < 1.29 is 4.79 Å². The molecule has 0 saturated heterocycles. The molecule has 0 fully saturated rings. The minimum Gasteiger partial charge on any atom is -0.352 e. The predicted molar refractivity (Wildman–Crippen MR) is 86.1 cm³/mol. The Labute approximate surface area is 125 Å². The first-order valence-corrected chi connectivity index (χ1v) is 7.43. The van der Waals surface area contributed by atoms with Crippen LogP contribution in [0.5, 0.6) is 0 Å². The Morgan fingerprint density at radius 2 is 2.05 bits per heavy atom. The maximum atomic E-state index is 11.3. The average Bonchev–Trinajstić information content (AvgIpc) is 2.79. The summed E-state index contributed by atoms with van der Waals surface area (Å²) in [6.45, 7) is 6.06. The summed E-state index contributed by atoms with van der Waals surface area (Å²) in [7, 11) is 2.07. The lowest BCUT2D eigenvalue weighted by Crippen LogP contribution is -2.24. The highest BCUT2D eigenvalue weighted by Crippen LogP contribution is 2.15. The normalized spacial score (nSPS) is 10.8. The third-order valence-corrected chi connectivity index (χ3v) is 3.63. The van der Waals surface area contributed by atoms with Gasteiger partial charge in [-0.05, 0) is 31.9 Å². The van der Waals surface area contributed by atoms with E-state index >= 15 is 0 Å². The molecule has 1 aromatic heterocycles. The number of carbonyl (C=O) groups excluding carboxylic acids is 1. The third-order valence-electron chi connectivity index (χ3n) is 3.63. The van der Waals surface area contributed by atoms with Gasteiger partial charge in [-0.1, -0.05) is 25.1 Å². The van der Waals surface area contributed by atoms with Gasteiger partial charge in [0.05, 0.1) is 11.0 Å². The van der Waals surface area contributed by atoms with Crippen LogP contribution in [0.4, 0.5) is 0 Å². The number of carbonyl (C=O) groups is 1. The van der Waals surface area contributed by atoms with Gasteiger partial charge < -0.3 is 9.88 Å². The molecule has 1 amide bonds. The number of para-hydroxylation sites is 2.